The molecule has 0 saturated heterocycles. The van der Waals surface area contributed by atoms with Crippen LogP contribution >= 0.6 is 11.8 Å². The monoisotopic (exact) mass is 261 g/mol. The van der Waals surface area contributed by atoms with Gasteiger partial charge in [-0.2, -0.15) is 0 Å². The van der Waals surface area contributed by atoms with Gasteiger partial charge in [0, 0.05) is 10.9 Å². The molecule has 0 bridgehead atoms. The van der Waals surface area contributed by atoms with Crippen molar-refractivity contribution in [3.63, 3.8) is 0 Å². The summed E-state index contributed by atoms with van der Waals surface area (Å²) in [7, 11) is 0. The molecule has 0 fully saturated rings. The standard InChI is InChI=1S/C15H19NOS/c1-11-8-15(6-5-13(11)9-12(2)16)18-10-14-4-3-7-17-14/h3-8,12H,9-10,16H2,1-2H3. The van der Waals surface area contributed by atoms with Gasteiger partial charge in [-0.1, -0.05) is 6.07 Å². The number of furan rings is 1. The zero-order chi connectivity index (χ0) is 13.0. The van der Waals surface area contributed by atoms with Gasteiger partial charge in [-0.15, -0.1) is 11.8 Å². The number of nitrogens with two attached hydrogens (primary N) is 1. The molecule has 0 saturated carbocycles. The molecule has 18 heavy (non-hydrogen) atoms. The van der Waals surface area contributed by atoms with Crippen molar-refractivity contribution in [2.45, 2.75) is 37.0 Å². The maximum atomic E-state index is 5.84. The molecule has 2 N–H and O–H groups in total. The highest BCUT2D eigenvalue weighted by molar-refractivity contribution is 7.98. The van der Waals surface area contributed by atoms with Gasteiger partial charge in [-0.25, -0.2) is 0 Å². The molecule has 2 rings (SSSR count). The second kappa shape index (κ2) is 6.12. The highest BCUT2D eigenvalue weighted by Gasteiger charge is 2.04. The Kier molecular flexibility index (Phi) is 4.50. The summed E-state index contributed by atoms with van der Waals surface area (Å²) in [4.78, 5) is 1.28. The van der Waals surface area contributed by atoms with Crippen LogP contribution in [-0.4, -0.2) is 6.04 Å². The zero-order valence-electron chi connectivity index (χ0n) is 10.8. The van der Waals surface area contributed by atoms with Gasteiger partial charge in [-0.3, -0.25) is 0 Å². The van der Waals surface area contributed by atoms with E-state index in [1.165, 1.54) is 16.0 Å². The van der Waals surface area contributed by atoms with E-state index in [4.69, 9.17) is 10.2 Å². The summed E-state index contributed by atoms with van der Waals surface area (Å²) in [6.07, 6.45) is 2.65. The first kappa shape index (κ1) is 13.2. The van der Waals surface area contributed by atoms with Crippen LogP contribution in [0.2, 0.25) is 0 Å². The van der Waals surface area contributed by atoms with Crippen molar-refractivity contribution in [2.75, 3.05) is 0 Å². The molecule has 2 aromatic rings. The van der Waals surface area contributed by atoms with Crippen LogP contribution in [0.5, 0.6) is 0 Å². The molecule has 0 aliphatic carbocycles. The minimum Gasteiger partial charge on any atom is -0.468 e. The van der Waals surface area contributed by atoms with Crippen LogP contribution in [0.15, 0.2) is 45.9 Å². The molecule has 1 atom stereocenters. The number of benzene rings is 1. The van der Waals surface area contributed by atoms with Gasteiger partial charge in [-0.05, 0) is 55.7 Å². The van der Waals surface area contributed by atoms with Gasteiger partial charge < -0.3 is 10.2 Å². The van der Waals surface area contributed by atoms with Crippen molar-refractivity contribution >= 4 is 11.8 Å². The highest BCUT2D eigenvalue weighted by Crippen LogP contribution is 2.25. The van der Waals surface area contributed by atoms with E-state index in [1.807, 2.05) is 19.1 Å². The predicted octanol–water partition coefficient (Wildman–Crippen LogP) is 3.77. The second-order valence-electron chi connectivity index (χ2n) is 4.64. The number of hydrogen-bond acceptors (Lipinski definition) is 3. The number of rotatable bonds is 5. The Bertz CT molecular complexity index is 491. The fourth-order valence-corrected chi connectivity index (χ4v) is 2.78. The van der Waals surface area contributed by atoms with Crippen molar-refractivity contribution in [2.24, 2.45) is 5.73 Å². The zero-order valence-corrected chi connectivity index (χ0v) is 11.7. The molecule has 0 radical (unpaired) electrons. The van der Waals surface area contributed by atoms with Crippen LogP contribution in [0.3, 0.4) is 0 Å². The normalized spacial score (nSPS) is 12.6. The molecule has 1 unspecified atom stereocenters. The number of hydrogen-bond donors (Lipinski definition) is 1. The number of thioether (sulfide) groups is 1. The fraction of sp³-hybridized carbons (Fsp3) is 0.333. The lowest BCUT2D eigenvalue weighted by Crippen LogP contribution is -2.18. The Morgan fingerprint density at radius 1 is 1.33 bits per heavy atom. The van der Waals surface area contributed by atoms with Crippen molar-refractivity contribution in [3.05, 3.63) is 53.5 Å². The molecule has 96 valence electrons. The van der Waals surface area contributed by atoms with E-state index < -0.39 is 0 Å². The first-order valence-electron chi connectivity index (χ1n) is 6.15. The molecule has 0 amide bonds. The Morgan fingerprint density at radius 2 is 2.17 bits per heavy atom. The minimum absolute atomic E-state index is 0.213. The summed E-state index contributed by atoms with van der Waals surface area (Å²) in [5.74, 6) is 1.89. The van der Waals surface area contributed by atoms with Crippen molar-refractivity contribution in [3.8, 4) is 0 Å². The van der Waals surface area contributed by atoms with Crippen LogP contribution in [0.25, 0.3) is 0 Å². The fourth-order valence-electron chi connectivity index (χ4n) is 1.88. The molecule has 3 heteroatoms. The van der Waals surface area contributed by atoms with Crippen molar-refractivity contribution in [1.29, 1.82) is 0 Å². The van der Waals surface area contributed by atoms with E-state index in [9.17, 15) is 0 Å². The summed E-state index contributed by atoms with van der Waals surface area (Å²) in [5.41, 5.74) is 8.49. The maximum Gasteiger partial charge on any atom is 0.113 e. The smallest absolute Gasteiger partial charge is 0.113 e. The third kappa shape index (κ3) is 3.65. The second-order valence-corrected chi connectivity index (χ2v) is 5.69. The van der Waals surface area contributed by atoms with Gasteiger partial charge in [0.15, 0.2) is 0 Å². The van der Waals surface area contributed by atoms with E-state index in [1.54, 1.807) is 18.0 Å². The molecule has 1 aromatic carbocycles. The van der Waals surface area contributed by atoms with E-state index in [0.717, 1.165) is 17.9 Å². The van der Waals surface area contributed by atoms with Crippen LogP contribution in [0, 0.1) is 6.92 Å². The summed E-state index contributed by atoms with van der Waals surface area (Å²) in [6.45, 7) is 4.19. The largest absolute Gasteiger partial charge is 0.468 e. The summed E-state index contributed by atoms with van der Waals surface area (Å²) in [6, 6.07) is 10.7. The lowest BCUT2D eigenvalue weighted by molar-refractivity contribution is 0.530. The average molecular weight is 261 g/mol. The molecule has 1 heterocycles. The van der Waals surface area contributed by atoms with Crippen LogP contribution in [0.4, 0.5) is 0 Å². The molecule has 0 aliphatic rings. The molecular weight excluding hydrogens is 242 g/mol. The molecule has 0 spiro atoms. The van der Waals surface area contributed by atoms with Gasteiger partial charge in [0.2, 0.25) is 0 Å². The summed E-state index contributed by atoms with van der Waals surface area (Å²) >= 11 is 1.79. The van der Waals surface area contributed by atoms with Gasteiger partial charge in [0.25, 0.3) is 0 Å². The number of aryl methyl sites for hydroxylation is 1. The Balaban J connectivity index is 2.00. The average Bonchev–Trinajstić information content (AvgIpc) is 2.82. The molecule has 0 aliphatic heterocycles. The van der Waals surface area contributed by atoms with Gasteiger partial charge >= 0.3 is 0 Å². The Morgan fingerprint density at radius 3 is 2.78 bits per heavy atom. The van der Waals surface area contributed by atoms with Crippen LogP contribution < -0.4 is 5.73 Å². The summed E-state index contributed by atoms with van der Waals surface area (Å²) < 4.78 is 5.32. The van der Waals surface area contributed by atoms with Crippen LogP contribution in [-0.2, 0) is 12.2 Å². The van der Waals surface area contributed by atoms with Crippen molar-refractivity contribution in [1.82, 2.24) is 0 Å². The van der Waals surface area contributed by atoms with Crippen molar-refractivity contribution < 1.29 is 4.42 Å². The molecular formula is C15H19NOS. The first-order chi connectivity index (χ1) is 8.65. The SMILES string of the molecule is Cc1cc(SCc2ccco2)ccc1CC(C)N. The Labute approximate surface area is 113 Å². The highest BCUT2D eigenvalue weighted by atomic mass is 32.2. The van der Waals surface area contributed by atoms with E-state index >= 15 is 0 Å². The summed E-state index contributed by atoms with van der Waals surface area (Å²) in [5, 5.41) is 0. The van der Waals surface area contributed by atoms with Gasteiger partial charge in [0.05, 0.1) is 12.0 Å². The topological polar surface area (TPSA) is 39.2 Å². The molecule has 1 aromatic heterocycles. The quantitative estimate of drug-likeness (QED) is 0.833. The van der Waals surface area contributed by atoms with Gasteiger partial charge in [0.1, 0.15) is 5.76 Å². The lowest BCUT2D eigenvalue weighted by Gasteiger charge is -2.10. The minimum atomic E-state index is 0.213. The maximum absolute atomic E-state index is 5.84. The van der Waals surface area contributed by atoms with E-state index in [0.29, 0.717) is 0 Å². The third-order valence-corrected chi connectivity index (χ3v) is 3.83. The predicted molar refractivity (Wildman–Crippen MR) is 76.8 cm³/mol. The van der Waals surface area contributed by atoms with E-state index in [2.05, 4.69) is 25.1 Å². The van der Waals surface area contributed by atoms with Crippen LogP contribution in [0.1, 0.15) is 23.8 Å². The first-order valence-corrected chi connectivity index (χ1v) is 7.14. The lowest BCUT2D eigenvalue weighted by atomic mass is 10.0. The molecule has 2 nitrogen and oxygen atoms in total. The Hall–Kier alpha value is -1.19. The van der Waals surface area contributed by atoms with E-state index in [-0.39, 0.29) is 6.04 Å². The third-order valence-electron chi connectivity index (χ3n) is 2.82.